The van der Waals surface area contributed by atoms with E-state index >= 15 is 0 Å². The van der Waals surface area contributed by atoms with Crippen LogP contribution in [0.4, 0.5) is 5.69 Å². The quantitative estimate of drug-likeness (QED) is 0.787. The van der Waals surface area contributed by atoms with Crippen molar-refractivity contribution >= 4 is 17.5 Å². The Hall–Kier alpha value is -3.48. The molecule has 130 valence electrons. The van der Waals surface area contributed by atoms with Crippen LogP contribution in [0.3, 0.4) is 0 Å². The molecule has 1 N–H and O–H groups in total. The summed E-state index contributed by atoms with van der Waals surface area (Å²) >= 11 is 0. The van der Waals surface area contributed by atoms with E-state index in [9.17, 15) is 9.59 Å². The maximum Gasteiger partial charge on any atom is 0.253 e. The number of carbonyl (C=O) groups excluding carboxylic acids is 2. The molecule has 3 heterocycles. The molecule has 0 aliphatic carbocycles. The summed E-state index contributed by atoms with van der Waals surface area (Å²) in [6.07, 6.45) is 5.06. The van der Waals surface area contributed by atoms with Crippen molar-refractivity contribution in [3.05, 3.63) is 72.2 Å². The van der Waals surface area contributed by atoms with E-state index in [2.05, 4.69) is 15.4 Å². The van der Waals surface area contributed by atoms with E-state index in [4.69, 9.17) is 0 Å². The Balaban J connectivity index is 1.66. The number of anilines is 1. The smallest absolute Gasteiger partial charge is 0.253 e. The number of carbonyl (C=O) groups is 2. The third kappa shape index (κ3) is 2.73. The lowest BCUT2D eigenvalue weighted by Gasteiger charge is -2.31. The van der Waals surface area contributed by atoms with E-state index in [1.807, 2.05) is 18.2 Å². The lowest BCUT2D eigenvalue weighted by molar-refractivity contribution is -0.117. The molecule has 1 aliphatic heterocycles. The van der Waals surface area contributed by atoms with Crippen molar-refractivity contribution in [2.24, 2.45) is 0 Å². The summed E-state index contributed by atoms with van der Waals surface area (Å²) in [6, 6.07) is 12.6. The Labute approximate surface area is 150 Å². The largest absolute Gasteiger partial charge is 0.341 e. The first-order chi connectivity index (χ1) is 12.6. The fourth-order valence-corrected chi connectivity index (χ4v) is 3.17. The minimum atomic E-state index is -0.445. The van der Waals surface area contributed by atoms with Crippen LogP contribution in [-0.4, -0.2) is 45.1 Å². The van der Waals surface area contributed by atoms with Gasteiger partial charge in [0.05, 0.1) is 11.6 Å². The van der Waals surface area contributed by atoms with Crippen molar-refractivity contribution in [3.63, 3.8) is 0 Å². The number of fused-ring (bicyclic) bond motifs is 1. The molecule has 0 saturated carbocycles. The fraction of sp³-hybridized carbons (Fsp3) is 0.158. The van der Waals surface area contributed by atoms with Gasteiger partial charge in [0.2, 0.25) is 5.91 Å². The van der Waals surface area contributed by atoms with E-state index in [1.54, 1.807) is 59.5 Å². The van der Waals surface area contributed by atoms with Gasteiger partial charge in [0.25, 0.3) is 5.91 Å². The van der Waals surface area contributed by atoms with Crippen LogP contribution in [0.5, 0.6) is 0 Å². The number of amides is 2. The Morgan fingerprint density at radius 1 is 1.15 bits per heavy atom. The van der Waals surface area contributed by atoms with Crippen LogP contribution in [-0.2, 0) is 4.79 Å². The number of pyridine rings is 1. The average Bonchev–Trinajstić information content (AvgIpc) is 3.19. The molecular formula is C19H17N5O2. The van der Waals surface area contributed by atoms with Crippen LogP contribution in [0.2, 0.25) is 0 Å². The third-order valence-electron chi connectivity index (χ3n) is 4.45. The normalized spacial score (nSPS) is 16.3. The Morgan fingerprint density at radius 2 is 2.00 bits per heavy atom. The first-order valence-corrected chi connectivity index (χ1v) is 8.25. The minimum absolute atomic E-state index is 0.0664. The summed E-state index contributed by atoms with van der Waals surface area (Å²) in [5.74, 6) is -0.152. The highest BCUT2D eigenvalue weighted by atomic mass is 16.2. The molecule has 7 heteroatoms. The van der Waals surface area contributed by atoms with E-state index in [0.29, 0.717) is 23.6 Å². The van der Waals surface area contributed by atoms with Gasteiger partial charge >= 0.3 is 0 Å². The fourth-order valence-electron chi connectivity index (χ4n) is 3.17. The summed E-state index contributed by atoms with van der Waals surface area (Å²) in [6.45, 7) is 0.332. The molecule has 26 heavy (non-hydrogen) atoms. The average molecular weight is 347 g/mol. The summed E-state index contributed by atoms with van der Waals surface area (Å²) in [4.78, 5) is 31.2. The van der Waals surface area contributed by atoms with Gasteiger partial charge in [-0.05, 0) is 29.8 Å². The van der Waals surface area contributed by atoms with Crippen LogP contribution in [0.15, 0.2) is 61.1 Å². The van der Waals surface area contributed by atoms with Gasteiger partial charge in [-0.15, -0.1) is 0 Å². The van der Waals surface area contributed by atoms with Crippen LogP contribution in [0, 0.1) is 0 Å². The molecule has 0 fully saturated rings. The van der Waals surface area contributed by atoms with Crippen molar-refractivity contribution in [1.82, 2.24) is 19.7 Å². The molecule has 0 bridgehead atoms. The summed E-state index contributed by atoms with van der Waals surface area (Å²) in [5, 5.41) is 7.12. The first kappa shape index (κ1) is 16.0. The number of aromatic nitrogens is 3. The standard InChI is InChI=1S/C19H17N5O2/c1-23-12-15(13-6-2-3-7-14(13)19(23)26)18(25)22-16-8-4-9-20-17(16)24-11-5-10-21-24/h2-11,15H,12H2,1H3,(H,22,25). The van der Waals surface area contributed by atoms with Crippen molar-refractivity contribution in [2.75, 3.05) is 18.9 Å². The zero-order valence-electron chi connectivity index (χ0n) is 14.2. The molecule has 3 aromatic rings. The zero-order valence-corrected chi connectivity index (χ0v) is 14.2. The van der Waals surface area contributed by atoms with Gasteiger partial charge in [0, 0.05) is 37.7 Å². The zero-order chi connectivity index (χ0) is 18.1. The van der Waals surface area contributed by atoms with Crippen LogP contribution >= 0.6 is 0 Å². The number of hydrogen-bond donors (Lipinski definition) is 1. The maximum absolute atomic E-state index is 13.0. The van der Waals surface area contributed by atoms with Crippen molar-refractivity contribution in [2.45, 2.75) is 5.92 Å². The summed E-state index contributed by atoms with van der Waals surface area (Å²) < 4.78 is 1.60. The summed E-state index contributed by atoms with van der Waals surface area (Å²) in [5.41, 5.74) is 1.88. The third-order valence-corrected chi connectivity index (χ3v) is 4.45. The molecular weight excluding hydrogens is 330 g/mol. The molecule has 7 nitrogen and oxygen atoms in total. The topological polar surface area (TPSA) is 80.1 Å². The van der Waals surface area contributed by atoms with Gasteiger partial charge in [-0.3, -0.25) is 9.59 Å². The molecule has 0 saturated heterocycles. The van der Waals surface area contributed by atoms with E-state index < -0.39 is 5.92 Å². The molecule has 2 aromatic heterocycles. The number of nitrogens with zero attached hydrogens (tertiary/aromatic N) is 4. The number of hydrogen-bond acceptors (Lipinski definition) is 4. The molecule has 2 amide bonds. The lowest BCUT2D eigenvalue weighted by atomic mass is 9.89. The van der Waals surface area contributed by atoms with Crippen molar-refractivity contribution in [1.29, 1.82) is 0 Å². The second kappa shape index (κ2) is 6.44. The monoisotopic (exact) mass is 347 g/mol. The number of rotatable bonds is 3. The van der Waals surface area contributed by atoms with E-state index in [0.717, 1.165) is 5.56 Å². The maximum atomic E-state index is 13.0. The highest BCUT2D eigenvalue weighted by Gasteiger charge is 2.33. The highest BCUT2D eigenvalue weighted by molar-refractivity contribution is 6.04. The minimum Gasteiger partial charge on any atom is -0.341 e. The predicted molar refractivity (Wildman–Crippen MR) is 96.1 cm³/mol. The number of benzene rings is 1. The Kier molecular flexibility index (Phi) is 3.96. The second-order valence-corrected chi connectivity index (χ2v) is 6.14. The first-order valence-electron chi connectivity index (χ1n) is 8.25. The van der Waals surface area contributed by atoms with Crippen LogP contribution < -0.4 is 5.32 Å². The number of nitrogens with one attached hydrogen (secondary N) is 1. The SMILES string of the molecule is CN1CC(C(=O)Nc2cccnc2-n2cccn2)c2ccccc2C1=O. The van der Waals surface area contributed by atoms with Gasteiger partial charge in [-0.2, -0.15) is 5.10 Å². The molecule has 1 aromatic carbocycles. The molecule has 4 rings (SSSR count). The molecule has 1 unspecified atom stereocenters. The van der Waals surface area contributed by atoms with Gasteiger partial charge in [0.15, 0.2) is 5.82 Å². The number of likely N-dealkylation sites (N-methyl/N-ethyl adjacent to an activating group) is 1. The van der Waals surface area contributed by atoms with Gasteiger partial charge in [-0.1, -0.05) is 18.2 Å². The molecule has 0 radical (unpaired) electrons. The molecule has 0 spiro atoms. The van der Waals surface area contributed by atoms with Crippen LogP contribution in [0.1, 0.15) is 21.8 Å². The molecule has 1 aliphatic rings. The summed E-state index contributed by atoms with van der Waals surface area (Å²) in [7, 11) is 1.71. The predicted octanol–water partition coefficient (Wildman–Crippen LogP) is 2.08. The van der Waals surface area contributed by atoms with Gasteiger partial charge in [0.1, 0.15) is 0 Å². The van der Waals surface area contributed by atoms with E-state index in [-0.39, 0.29) is 11.8 Å². The van der Waals surface area contributed by atoms with Crippen molar-refractivity contribution in [3.8, 4) is 5.82 Å². The second-order valence-electron chi connectivity index (χ2n) is 6.14. The highest BCUT2D eigenvalue weighted by Crippen LogP contribution is 2.29. The van der Waals surface area contributed by atoms with Crippen molar-refractivity contribution < 1.29 is 9.59 Å². The van der Waals surface area contributed by atoms with Gasteiger partial charge in [-0.25, -0.2) is 9.67 Å². The van der Waals surface area contributed by atoms with Gasteiger partial charge < -0.3 is 10.2 Å². The Bertz CT molecular complexity index is 968. The van der Waals surface area contributed by atoms with Crippen LogP contribution in [0.25, 0.3) is 5.82 Å². The lowest BCUT2D eigenvalue weighted by Crippen LogP contribution is -2.41. The Morgan fingerprint density at radius 3 is 2.81 bits per heavy atom. The van der Waals surface area contributed by atoms with E-state index in [1.165, 1.54) is 0 Å². The molecule has 1 atom stereocenters.